The maximum atomic E-state index is 13.4. The molecule has 1 nitrogen and oxygen atoms in total. The average molecular weight is 308 g/mol. The molecule has 0 spiro atoms. The Morgan fingerprint density at radius 2 is 1.72 bits per heavy atom. The van der Waals surface area contributed by atoms with E-state index in [2.05, 4.69) is 33.4 Å². The fraction of sp³-hybridized carbons (Fsp3) is 0.200. The molecule has 2 aromatic carbocycles. The molecule has 0 aliphatic carbocycles. The smallest absolute Gasteiger partial charge is 0.126 e. The zero-order chi connectivity index (χ0) is 12.8. The Morgan fingerprint density at radius 1 is 1.00 bits per heavy atom. The summed E-state index contributed by atoms with van der Waals surface area (Å²) >= 11 is 3.40. The molecule has 0 unspecified atom stereocenters. The first kappa shape index (κ1) is 13.2. The summed E-state index contributed by atoms with van der Waals surface area (Å²) in [5.41, 5.74) is 1.99. The molecule has 94 valence electrons. The molecule has 2 aromatic rings. The highest BCUT2D eigenvalue weighted by atomic mass is 79.9. The van der Waals surface area contributed by atoms with Crippen LogP contribution in [0, 0.1) is 5.82 Å². The molecule has 0 aliphatic rings. The van der Waals surface area contributed by atoms with E-state index in [1.54, 1.807) is 6.07 Å². The lowest BCUT2D eigenvalue weighted by molar-refractivity contribution is 0.598. The molecule has 0 atom stereocenters. The molecule has 0 heterocycles. The first-order chi connectivity index (χ1) is 8.75. The predicted octanol–water partition coefficient (Wildman–Crippen LogP) is 3.92. The molecule has 1 N–H and O–H groups in total. The van der Waals surface area contributed by atoms with E-state index in [0.29, 0.717) is 6.42 Å². The van der Waals surface area contributed by atoms with Gasteiger partial charge < -0.3 is 5.32 Å². The van der Waals surface area contributed by atoms with E-state index in [1.165, 1.54) is 11.6 Å². The number of benzene rings is 2. The number of nitrogens with one attached hydrogen (secondary N) is 1. The summed E-state index contributed by atoms with van der Waals surface area (Å²) < 4.78 is 14.4. The molecule has 0 radical (unpaired) electrons. The highest BCUT2D eigenvalue weighted by Crippen LogP contribution is 2.10. The minimum atomic E-state index is -0.122. The van der Waals surface area contributed by atoms with Crippen LogP contribution in [0.4, 0.5) is 4.39 Å². The van der Waals surface area contributed by atoms with Gasteiger partial charge in [0.05, 0.1) is 0 Å². The van der Waals surface area contributed by atoms with E-state index in [9.17, 15) is 4.39 Å². The van der Waals surface area contributed by atoms with Crippen molar-refractivity contribution in [2.45, 2.75) is 13.0 Å². The van der Waals surface area contributed by atoms with E-state index in [-0.39, 0.29) is 5.82 Å². The normalized spacial score (nSPS) is 10.6. The highest BCUT2D eigenvalue weighted by molar-refractivity contribution is 9.10. The van der Waals surface area contributed by atoms with Gasteiger partial charge in [-0.05, 0) is 42.3 Å². The summed E-state index contributed by atoms with van der Waals surface area (Å²) in [6, 6.07) is 15.1. The molecule has 18 heavy (non-hydrogen) atoms. The van der Waals surface area contributed by atoms with Gasteiger partial charge in [0.1, 0.15) is 5.82 Å². The molecule has 2 rings (SSSR count). The van der Waals surface area contributed by atoms with E-state index in [4.69, 9.17) is 0 Å². The molecule has 0 saturated carbocycles. The third-order valence-corrected chi connectivity index (χ3v) is 3.30. The van der Waals surface area contributed by atoms with Crippen molar-refractivity contribution in [3.63, 3.8) is 0 Å². The Bertz CT molecular complexity index is 496. The molecular formula is C15H15BrFN. The van der Waals surface area contributed by atoms with Gasteiger partial charge in [-0.15, -0.1) is 0 Å². The summed E-state index contributed by atoms with van der Waals surface area (Å²) in [7, 11) is 0. The van der Waals surface area contributed by atoms with Crippen LogP contribution < -0.4 is 5.32 Å². The lowest BCUT2D eigenvalue weighted by atomic mass is 10.1. The number of hydrogen-bond donors (Lipinski definition) is 1. The zero-order valence-corrected chi connectivity index (χ0v) is 11.6. The van der Waals surface area contributed by atoms with E-state index < -0.39 is 0 Å². The van der Waals surface area contributed by atoms with Gasteiger partial charge in [0, 0.05) is 11.0 Å². The van der Waals surface area contributed by atoms with Crippen LogP contribution in [-0.2, 0) is 13.0 Å². The van der Waals surface area contributed by atoms with E-state index in [1.807, 2.05) is 24.3 Å². The van der Waals surface area contributed by atoms with Gasteiger partial charge in [0.25, 0.3) is 0 Å². The van der Waals surface area contributed by atoms with Crippen LogP contribution in [0.2, 0.25) is 0 Å². The quantitative estimate of drug-likeness (QED) is 0.826. The van der Waals surface area contributed by atoms with Crippen molar-refractivity contribution in [1.82, 2.24) is 5.32 Å². The Hall–Kier alpha value is -1.19. The Morgan fingerprint density at radius 3 is 2.44 bits per heavy atom. The molecular weight excluding hydrogens is 293 g/mol. The minimum absolute atomic E-state index is 0.122. The van der Waals surface area contributed by atoms with Crippen LogP contribution in [0.1, 0.15) is 11.1 Å². The van der Waals surface area contributed by atoms with Crippen molar-refractivity contribution in [3.05, 3.63) is 69.9 Å². The molecule has 0 amide bonds. The predicted molar refractivity (Wildman–Crippen MR) is 76.0 cm³/mol. The Kier molecular flexibility index (Phi) is 4.90. The largest absolute Gasteiger partial charge is 0.312 e. The van der Waals surface area contributed by atoms with Crippen LogP contribution in [0.3, 0.4) is 0 Å². The van der Waals surface area contributed by atoms with Gasteiger partial charge in [-0.1, -0.05) is 46.3 Å². The van der Waals surface area contributed by atoms with Crippen molar-refractivity contribution in [2.75, 3.05) is 6.54 Å². The van der Waals surface area contributed by atoms with Crippen molar-refractivity contribution in [2.24, 2.45) is 0 Å². The standard InChI is InChI=1S/C15H15BrFN/c16-14-7-5-12(6-8-14)11-18-10-9-13-3-1-2-4-15(13)17/h1-8,18H,9-11H2. The fourth-order valence-electron chi connectivity index (χ4n) is 1.76. The van der Waals surface area contributed by atoms with E-state index in [0.717, 1.165) is 23.1 Å². The highest BCUT2D eigenvalue weighted by Gasteiger charge is 1.99. The third-order valence-electron chi connectivity index (χ3n) is 2.77. The molecule has 0 aliphatic heterocycles. The summed E-state index contributed by atoms with van der Waals surface area (Å²) in [6.07, 6.45) is 0.712. The SMILES string of the molecule is Fc1ccccc1CCNCc1ccc(Br)cc1. The van der Waals surface area contributed by atoms with Crippen molar-refractivity contribution in [3.8, 4) is 0 Å². The van der Waals surface area contributed by atoms with Gasteiger partial charge in [-0.2, -0.15) is 0 Å². The molecule has 3 heteroatoms. The van der Waals surface area contributed by atoms with Crippen molar-refractivity contribution < 1.29 is 4.39 Å². The van der Waals surface area contributed by atoms with E-state index >= 15 is 0 Å². The second-order valence-corrected chi connectivity index (χ2v) is 5.06. The van der Waals surface area contributed by atoms with Gasteiger partial charge in [0.15, 0.2) is 0 Å². The maximum Gasteiger partial charge on any atom is 0.126 e. The Labute approximate surface area is 115 Å². The molecule has 0 fully saturated rings. The molecule has 0 saturated heterocycles. The summed E-state index contributed by atoms with van der Waals surface area (Å²) in [5, 5.41) is 3.31. The Balaban J connectivity index is 1.76. The monoisotopic (exact) mass is 307 g/mol. The van der Waals surface area contributed by atoms with Crippen LogP contribution in [0.5, 0.6) is 0 Å². The van der Waals surface area contributed by atoms with Crippen LogP contribution in [0.15, 0.2) is 53.0 Å². The fourth-order valence-corrected chi connectivity index (χ4v) is 2.02. The summed E-state index contributed by atoms with van der Waals surface area (Å²) in [4.78, 5) is 0. The third kappa shape index (κ3) is 3.93. The van der Waals surface area contributed by atoms with Crippen molar-refractivity contribution in [1.29, 1.82) is 0 Å². The molecule has 0 aromatic heterocycles. The summed E-state index contributed by atoms with van der Waals surface area (Å²) in [6.45, 7) is 1.58. The second-order valence-electron chi connectivity index (χ2n) is 4.14. The van der Waals surface area contributed by atoms with Crippen LogP contribution >= 0.6 is 15.9 Å². The van der Waals surface area contributed by atoms with Gasteiger partial charge in [-0.3, -0.25) is 0 Å². The van der Waals surface area contributed by atoms with Crippen LogP contribution in [-0.4, -0.2) is 6.54 Å². The topological polar surface area (TPSA) is 12.0 Å². The van der Waals surface area contributed by atoms with Crippen LogP contribution in [0.25, 0.3) is 0 Å². The second kappa shape index (κ2) is 6.66. The van der Waals surface area contributed by atoms with Crippen molar-refractivity contribution >= 4 is 15.9 Å². The number of rotatable bonds is 5. The summed E-state index contributed by atoms with van der Waals surface area (Å²) in [5.74, 6) is -0.122. The van der Waals surface area contributed by atoms with Gasteiger partial charge in [-0.25, -0.2) is 4.39 Å². The zero-order valence-electron chi connectivity index (χ0n) is 10.00. The first-order valence-corrected chi connectivity index (χ1v) is 6.73. The number of halogens is 2. The first-order valence-electron chi connectivity index (χ1n) is 5.94. The average Bonchev–Trinajstić information content (AvgIpc) is 2.39. The number of hydrogen-bond acceptors (Lipinski definition) is 1. The van der Waals surface area contributed by atoms with Gasteiger partial charge in [0.2, 0.25) is 0 Å². The molecule has 0 bridgehead atoms. The minimum Gasteiger partial charge on any atom is -0.312 e. The lowest BCUT2D eigenvalue weighted by Crippen LogP contribution is -2.17. The van der Waals surface area contributed by atoms with Gasteiger partial charge >= 0.3 is 0 Å². The maximum absolute atomic E-state index is 13.4. The lowest BCUT2D eigenvalue weighted by Gasteiger charge is -2.06.